The molecule has 0 aliphatic carbocycles. The molecular formula is C26H38N2O6. The van der Waals surface area contributed by atoms with E-state index in [1.165, 1.54) is 0 Å². The van der Waals surface area contributed by atoms with E-state index in [4.69, 9.17) is 9.47 Å². The fourth-order valence-electron chi connectivity index (χ4n) is 3.77. The summed E-state index contributed by atoms with van der Waals surface area (Å²) in [6.07, 6.45) is -0.179. The van der Waals surface area contributed by atoms with Crippen molar-refractivity contribution in [1.29, 1.82) is 0 Å². The molecule has 188 valence electrons. The molecule has 0 bridgehead atoms. The second kappa shape index (κ2) is 11.5. The Morgan fingerprint density at radius 1 is 1.06 bits per heavy atom. The van der Waals surface area contributed by atoms with Crippen LogP contribution in [0.2, 0.25) is 0 Å². The normalized spacial score (nSPS) is 20.4. The third-order valence-corrected chi connectivity index (χ3v) is 6.22. The molecule has 1 aliphatic rings. The summed E-state index contributed by atoms with van der Waals surface area (Å²) in [6.45, 7) is 13.0. The van der Waals surface area contributed by atoms with Crippen LogP contribution in [0.3, 0.4) is 0 Å². The van der Waals surface area contributed by atoms with E-state index in [1.807, 2.05) is 65.0 Å². The van der Waals surface area contributed by atoms with Crippen molar-refractivity contribution in [1.82, 2.24) is 10.6 Å². The van der Waals surface area contributed by atoms with Gasteiger partial charge in [-0.2, -0.15) is 0 Å². The summed E-state index contributed by atoms with van der Waals surface area (Å²) in [6, 6.07) is 7.46. The Bertz CT molecular complexity index is 877. The molecule has 5 atom stereocenters. The van der Waals surface area contributed by atoms with Crippen LogP contribution in [0.15, 0.2) is 30.3 Å². The first-order chi connectivity index (χ1) is 15.9. The highest BCUT2D eigenvalue weighted by atomic mass is 16.6. The van der Waals surface area contributed by atoms with E-state index in [2.05, 4.69) is 10.6 Å². The first-order valence-electron chi connectivity index (χ1n) is 11.9. The van der Waals surface area contributed by atoms with Crippen LogP contribution in [0.1, 0.15) is 60.5 Å². The Labute approximate surface area is 202 Å². The van der Waals surface area contributed by atoms with Gasteiger partial charge in [-0.3, -0.25) is 14.4 Å². The van der Waals surface area contributed by atoms with E-state index < -0.39 is 53.3 Å². The van der Waals surface area contributed by atoms with Crippen LogP contribution in [0.25, 0.3) is 0 Å². The molecule has 8 heteroatoms. The minimum absolute atomic E-state index is 0.00650. The molecule has 0 saturated carbocycles. The number of hydrogen-bond donors (Lipinski definition) is 2. The average Bonchev–Trinajstić information content (AvgIpc) is 2.76. The molecule has 2 amide bonds. The third-order valence-electron chi connectivity index (χ3n) is 6.22. The summed E-state index contributed by atoms with van der Waals surface area (Å²) in [5.74, 6) is -2.73. The number of rotatable bonds is 10. The molecule has 34 heavy (non-hydrogen) atoms. The summed E-state index contributed by atoms with van der Waals surface area (Å²) in [7, 11) is 0. The van der Waals surface area contributed by atoms with Crippen LogP contribution < -0.4 is 10.6 Å². The Morgan fingerprint density at radius 2 is 1.68 bits per heavy atom. The molecule has 1 heterocycles. The van der Waals surface area contributed by atoms with Gasteiger partial charge in [-0.25, -0.2) is 4.79 Å². The molecule has 1 saturated heterocycles. The van der Waals surface area contributed by atoms with Crippen molar-refractivity contribution >= 4 is 23.8 Å². The van der Waals surface area contributed by atoms with E-state index in [9.17, 15) is 19.2 Å². The lowest BCUT2D eigenvalue weighted by molar-refractivity contribution is -0.193. The monoisotopic (exact) mass is 474 g/mol. The van der Waals surface area contributed by atoms with Gasteiger partial charge in [0, 0.05) is 0 Å². The van der Waals surface area contributed by atoms with Gasteiger partial charge in [0.1, 0.15) is 24.6 Å². The van der Waals surface area contributed by atoms with Crippen molar-refractivity contribution in [3.8, 4) is 0 Å². The number of carbonyl (C=O) groups excluding carboxylic acids is 4. The van der Waals surface area contributed by atoms with Gasteiger partial charge in [-0.05, 0) is 22.8 Å². The van der Waals surface area contributed by atoms with Gasteiger partial charge in [-0.1, -0.05) is 85.2 Å². The van der Waals surface area contributed by atoms with Crippen LogP contribution in [-0.4, -0.2) is 41.9 Å². The molecule has 2 rings (SSSR count). The maximum atomic E-state index is 13.2. The number of benzene rings is 1. The zero-order valence-corrected chi connectivity index (χ0v) is 21.2. The SMILES string of the molecule is CC[C@H](C)[C@@H]1C(=O)O[C@H]1C(=O)N[C@H](C(=O)N[C@H](C(=O)OCc1ccccc1)C(C)(C)C)C(C)C. The van der Waals surface area contributed by atoms with Gasteiger partial charge >= 0.3 is 11.9 Å². The van der Waals surface area contributed by atoms with Crippen LogP contribution in [0, 0.1) is 23.2 Å². The lowest BCUT2D eigenvalue weighted by Gasteiger charge is -2.38. The summed E-state index contributed by atoms with van der Waals surface area (Å²) in [4.78, 5) is 50.8. The first kappa shape index (κ1) is 27.3. The Balaban J connectivity index is 2.08. The Kier molecular flexibility index (Phi) is 9.24. The molecule has 1 aromatic carbocycles. The van der Waals surface area contributed by atoms with Crippen LogP contribution in [-0.2, 0) is 35.3 Å². The standard InChI is InChI=1S/C26H38N2O6/c1-8-16(4)18-20(34-24(18)31)23(30)27-19(15(2)3)22(29)28-21(26(5,6)7)25(32)33-14-17-12-10-9-11-13-17/h9-13,15-16,18-21H,8,14H2,1-7H3,(H,27,30)(H,28,29)/t16-,18-,19-,20+,21+/m0/s1. The summed E-state index contributed by atoms with van der Waals surface area (Å²) < 4.78 is 10.6. The summed E-state index contributed by atoms with van der Waals surface area (Å²) in [5.41, 5.74) is 0.216. The van der Waals surface area contributed by atoms with E-state index >= 15 is 0 Å². The predicted octanol–water partition coefficient (Wildman–Crippen LogP) is 2.99. The number of esters is 2. The van der Waals surface area contributed by atoms with Gasteiger partial charge in [0.05, 0.1) is 0 Å². The van der Waals surface area contributed by atoms with Crippen molar-refractivity contribution in [2.45, 2.75) is 79.7 Å². The predicted molar refractivity (Wildman–Crippen MR) is 127 cm³/mol. The lowest BCUT2D eigenvalue weighted by Crippen LogP contribution is -2.62. The average molecular weight is 475 g/mol. The van der Waals surface area contributed by atoms with Crippen LogP contribution in [0.4, 0.5) is 0 Å². The molecule has 0 spiro atoms. The number of cyclic esters (lactones) is 1. The summed E-state index contributed by atoms with van der Waals surface area (Å²) >= 11 is 0. The highest BCUT2D eigenvalue weighted by molar-refractivity contribution is 5.97. The lowest BCUT2D eigenvalue weighted by atomic mass is 9.82. The number of hydrogen-bond acceptors (Lipinski definition) is 6. The van der Waals surface area contributed by atoms with E-state index in [0.717, 1.165) is 12.0 Å². The maximum absolute atomic E-state index is 13.2. The first-order valence-corrected chi connectivity index (χ1v) is 11.9. The fourth-order valence-corrected chi connectivity index (χ4v) is 3.77. The van der Waals surface area contributed by atoms with E-state index in [-0.39, 0.29) is 18.4 Å². The third kappa shape index (κ3) is 6.81. The van der Waals surface area contributed by atoms with Crippen molar-refractivity contribution in [3.05, 3.63) is 35.9 Å². The Hall–Kier alpha value is -2.90. The molecule has 0 radical (unpaired) electrons. The minimum Gasteiger partial charge on any atom is -0.459 e. The van der Waals surface area contributed by atoms with Crippen LogP contribution >= 0.6 is 0 Å². The molecular weight excluding hydrogens is 436 g/mol. The largest absolute Gasteiger partial charge is 0.459 e. The molecule has 0 aromatic heterocycles. The van der Waals surface area contributed by atoms with Gasteiger partial charge in [0.2, 0.25) is 5.91 Å². The van der Waals surface area contributed by atoms with Crippen LogP contribution in [0.5, 0.6) is 0 Å². The second-order valence-corrected chi connectivity index (χ2v) is 10.4. The second-order valence-electron chi connectivity index (χ2n) is 10.4. The Morgan fingerprint density at radius 3 is 2.18 bits per heavy atom. The van der Waals surface area contributed by atoms with E-state index in [0.29, 0.717) is 0 Å². The molecule has 1 fully saturated rings. The molecule has 8 nitrogen and oxygen atoms in total. The van der Waals surface area contributed by atoms with Gasteiger partial charge in [-0.15, -0.1) is 0 Å². The van der Waals surface area contributed by atoms with Crippen molar-refractivity contribution in [2.24, 2.45) is 23.2 Å². The minimum atomic E-state index is -0.920. The highest BCUT2D eigenvalue weighted by Crippen LogP contribution is 2.32. The summed E-state index contributed by atoms with van der Waals surface area (Å²) in [5, 5.41) is 5.49. The molecule has 1 aliphatic heterocycles. The number of nitrogens with one attached hydrogen (secondary N) is 2. The van der Waals surface area contributed by atoms with E-state index in [1.54, 1.807) is 13.8 Å². The zero-order valence-electron chi connectivity index (χ0n) is 21.2. The quantitative estimate of drug-likeness (QED) is 0.505. The molecule has 0 unspecified atom stereocenters. The smallest absolute Gasteiger partial charge is 0.329 e. The number of amides is 2. The number of ether oxygens (including phenoxy) is 2. The van der Waals surface area contributed by atoms with Gasteiger partial charge in [0.15, 0.2) is 6.10 Å². The van der Waals surface area contributed by atoms with Crippen molar-refractivity contribution in [2.75, 3.05) is 0 Å². The number of carbonyl (C=O) groups is 4. The fraction of sp³-hybridized carbons (Fsp3) is 0.615. The van der Waals surface area contributed by atoms with Gasteiger partial charge in [0.25, 0.3) is 5.91 Å². The molecule has 2 N–H and O–H groups in total. The maximum Gasteiger partial charge on any atom is 0.329 e. The van der Waals surface area contributed by atoms with Gasteiger partial charge < -0.3 is 20.1 Å². The highest BCUT2D eigenvalue weighted by Gasteiger charge is 2.50. The molecule has 1 aromatic rings. The topological polar surface area (TPSA) is 111 Å². The zero-order chi connectivity index (χ0) is 25.6. The van der Waals surface area contributed by atoms with Crippen molar-refractivity contribution < 1.29 is 28.7 Å². The van der Waals surface area contributed by atoms with Crippen molar-refractivity contribution in [3.63, 3.8) is 0 Å².